The summed E-state index contributed by atoms with van der Waals surface area (Å²) in [6.07, 6.45) is 5.08. The highest BCUT2D eigenvalue weighted by Gasteiger charge is 2.44. The zero-order valence-electron chi connectivity index (χ0n) is 12.2. The van der Waals surface area contributed by atoms with Crippen LogP contribution >= 0.6 is 0 Å². The van der Waals surface area contributed by atoms with Crippen molar-refractivity contribution in [2.24, 2.45) is 0 Å². The van der Waals surface area contributed by atoms with Gasteiger partial charge in [0.15, 0.2) is 0 Å². The van der Waals surface area contributed by atoms with Crippen molar-refractivity contribution >= 4 is 12.0 Å². The minimum atomic E-state index is -1.06. The van der Waals surface area contributed by atoms with Gasteiger partial charge in [0.2, 0.25) is 0 Å². The lowest BCUT2D eigenvalue weighted by Gasteiger charge is -2.42. The molecule has 1 saturated heterocycles. The number of aliphatic carboxylic acids is 1. The second-order valence-electron chi connectivity index (χ2n) is 5.53. The number of carboxylic acid groups (broad SMARTS) is 1. The second kappa shape index (κ2) is 6.78. The summed E-state index contributed by atoms with van der Waals surface area (Å²) in [6.45, 7) is 6.29. The van der Waals surface area contributed by atoms with Crippen LogP contribution in [0.15, 0.2) is 0 Å². The fourth-order valence-corrected chi connectivity index (χ4v) is 2.65. The van der Waals surface area contributed by atoms with Gasteiger partial charge in [-0.25, -0.2) is 9.59 Å². The van der Waals surface area contributed by atoms with E-state index in [0.717, 1.165) is 32.1 Å². The van der Waals surface area contributed by atoms with Crippen LogP contribution in [0.4, 0.5) is 4.79 Å². The zero-order chi connectivity index (χ0) is 14.5. The van der Waals surface area contributed by atoms with Crippen molar-refractivity contribution in [1.29, 1.82) is 0 Å². The maximum Gasteiger partial charge on any atom is 0.329 e. The van der Waals surface area contributed by atoms with Gasteiger partial charge < -0.3 is 15.3 Å². The smallest absolute Gasteiger partial charge is 0.329 e. The van der Waals surface area contributed by atoms with Gasteiger partial charge in [0, 0.05) is 12.6 Å². The summed E-state index contributed by atoms with van der Waals surface area (Å²) in [5, 5.41) is 12.4. The molecule has 0 aromatic rings. The quantitative estimate of drug-likeness (QED) is 0.806. The van der Waals surface area contributed by atoms with E-state index in [2.05, 4.69) is 12.2 Å². The molecule has 19 heavy (non-hydrogen) atoms. The number of likely N-dealkylation sites (tertiary alicyclic amines) is 1. The third-order valence-electron chi connectivity index (χ3n) is 4.05. The molecule has 5 nitrogen and oxygen atoms in total. The molecule has 2 amide bonds. The Morgan fingerprint density at radius 2 is 2.05 bits per heavy atom. The maximum absolute atomic E-state index is 12.3. The van der Waals surface area contributed by atoms with Crippen molar-refractivity contribution in [3.05, 3.63) is 0 Å². The number of carbonyl (C=O) groups is 2. The first kappa shape index (κ1) is 15.8. The molecule has 1 aliphatic rings. The maximum atomic E-state index is 12.3. The Kier molecular flexibility index (Phi) is 5.63. The molecule has 110 valence electrons. The Balaban J connectivity index is 2.75. The Morgan fingerprint density at radius 1 is 1.37 bits per heavy atom. The van der Waals surface area contributed by atoms with Crippen LogP contribution in [0.1, 0.15) is 59.3 Å². The minimum absolute atomic E-state index is 0.137. The van der Waals surface area contributed by atoms with Crippen molar-refractivity contribution in [3.63, 3.8) is 0 Å². The van der Waals surface area contributed by atoms with Crippen LogP contribution in [0.25, 0.3) is 0 Å². The molecule has 5 heteroatoms. The molecule has 1 aliphatic heterocycles. The molecule has 0 aromatic carbocycles. The third kappa shape index (κ3) is 3.61. The Morgan fingerprint density at radius 3 is 2.58 bits per heavy atom. The number of urea groups is 1. The van der Waals surface area contributed by atoms with Crippen LogP contribution in [0.2, 0.25) is 0 Å². The average molecular weight is 270 g/mol. The molecule has 0 aliphatic carbocycles. The van der Waals surface area contributed by atoms with Crippen molar-refractivity contribution in [3.8, 4) is 0 Å². The van der Waals surface area contributed by atoms with Crippen LogP contribution in [-0.2, 0) is 4.79 Å². The van der Waals surface area contributed by atoms with E-state index in [4.69, 9.17) is 0 Å². The molecule has 0 spiro atoms. The van der Waals surface area contributed by atoms with Crippen molar-refractivity contribution in [2.75, 3.05) is 6.54 Å². The van der Waals surface area contributed by atoms with Gasteiger partial charge in [-0.05, 0) is 39.0 Å². The van der Waals surface area contributed by atoms with Gasteiger partial charge in [0.05, 0.1) is 0 Å². The van der Waals surface area contributed by atoms with Gasteiger partial charge >= 0.3 is 12.0 Å². The zero-order valence-corrected chi connectivity index (χ0v) is 12.2. The Labute approximate surface area is 115 Å². The predicted molar refractivity (Wildman–Crippen MR) is 74.1 cm³/mol. The lowest BCUT2D eigenvalue weighted by atomic mass is 9.89. The average Bonchev–Trinajstić information content (AvgIpc) is 2.38. The van der Waals surface area contributed by atoms with Crippen LogP contribution < -0.4 is 5.32 Å². The van der Waals surface area contributed by atoms with Crippen molar-refractivity contribution in [2.45, 2.75) is 70.9 Å². The highest BCUT2D eigenvalue weighted by Crippen LogP contribution is 2.28. The van der Waals surface area contributed by atoms with Crippen molar-refractivity contribution in [1.82, 2.24) is 10.2 Å². The fraction of sp³-hybridized carbons (Fsp3) is 0.857. The molecule has 0 saturated carbocycles. The number of piperidine rings is 1. The number of hydrogen-bond acceptors (Lipinski definition) is 2. The first-order valence-corrected chi connectivity index (χ1v) is 7.27. The Hall–Kier alpha value is -1.26. The third-order valence-corrected chi connectivity index (χ3v) is 4.05. The van der Waals surface area contributed by atoms with E-state index < -0.39 is 11.5 Å². The number of amides is 2. The lowest BCUT2D eigenvalue weighted by molar-refractivity contribution is -0.150. The molecule has 1 rings (SSSR count). The van der Waals surface area contributed by atoms with Gasteiger partial charge in [-0.2, -0.15) is 0 Å². The first-order chi connectivity index (χ1) is 8.95. The summed E-state index contributed by atoms with van der Waals surface area (Å²) in [4.78, 5) is 25.3. The normalized spacial score (nSPS) is 24.9. The number of hydrogen-bond donors (Lipinski definition) is 2. The van der Waals surface area contributed by atoms with Crippen LogP contribution in [0.3, 0.4) is 0 Å². The van der Waals surface area contributed by atoms with Gasteiger partial charge in [-0.1, -0.05) is 20.3 Å². The second-order valence-corrected chi connectivity index (χ2v) is 5.53. The molecule has 2 unspecified atom stereocenters. The van der Waals surface area contributed by atoms with Crippen molar-refractivity contribution < 1.29 is 14.7 Å². The van der Waals surface area contributed by atoms with Gasteiger partial charge in [-0.3, -0.25) is 0 Å². The fourth-order valence-electron chi connectivity index (χ4n) is 2.65. The van der Waals surface area contributed by atoms with E-state index >= 15 is 0 Å². The summed E-state index contributed by atoms with van der Waals surface area (Å²) in [5.74, 6) is -0.911. The highest BCUT2D eigenvalue weighted by atomic mass is 16.4. The monoisotopic (exact) mass is 270 g/mol. The van der Waals surface area contributed by atoms with E-state index in [-0.39, 0.29) is 12.1 Å². The van der Waals surface area contributed by atoms with Crippen LogP contribution in [0, 0.1) is 0 Å². The summed E-state index contributed by atoms with van der Waals surface area (Å²) in [7, 11) is 0. The van der Waals surface area contributed by atoms with Gasteiger partial charge in [-0.15, -0.1) is 0 Å². The molecule has 0 aromatic heterocycles. The SMILES string of the molecule is CCCC(CC)NC(=O)N1CCCCC1(C)C(=O)O. The Bertz CT molecular complexity index is 333. The molecule has 0 radical (unpaired) electrons. The largest absolute Gasteiger partial charge is 0.480 e. The summed E-state index contributed by atoms with van der Waals surface area (Å²) in [5.41, 5.74) is -1.06. The minimum Gasteiger partial charge on any atom is -0.480 e. The van der Waals surface area contributed by atoms with E-state index in [1.54, 1.807) is 6.92 Å². The molecule has 2 N–H and O–H groups in total. The number of nitrogens with zero attached hydrogens (tertiary/aromatic N) is 1. The van der Waals surface area contributed by atoms with Gasteiger partial charge in [0.1, 0.15) is 5.54 Å². The predicted octanol–water partition coefficient (Wildman–Crippen LogP) is 2.60. The molecule has 0 bridgehead atoms. The van der Waals surface area contributed by atoms with E-state index in [9.17, 15) is 14.7 Å². The molecular weight excluding hydrogens is 244 g/mol. The molecular formula is C14H26N2O3. The molecule has 2 atom stereocenters. The summed E-state index contributed by atoms with van der Waals surface area (Å²) >= 11 is 0. The first-order valence-electron chi connectivity index (χ1n) is 7.27. The van der Waals surface area contributed by atoms with E-state index in [1.165, 1.54) is 4.90 Å². The van der Waals surface area contributed by atoms with E-state index in [1.807, 2.05) is 6.92 Å². The van der Waals surface area contributed by atoms with Crippen LogP contribution in [0.5, 0.6) is 0 Å². The van der Waals surface area contributed by atoms with E-state index in [0.29, 0.717) is 13.0 Å². The van der Waals surface area contributed by atoms with Gasteiger partial charge in [0.25, 0.3) is 0 Å². The number of rotatable bonds is 5. The standard InChI is InChI=1S/C14H26N2O3/c1-4-8-11(5-2)15-13(19)16-10-7-6-9-14(16,3)12(17)18/h11H,4-10H2,1-3H3,(H,15,19)(H,17,18). The lowest BCUT2D eigenvalue weighted by Crippen LogP contribution is -2.61. The molecule has 1 fully saturated rings. The highest BCUT2D eigenvalue weighted by molar-refractivity contribution is 5.86. The summed E-state index contributed by atoms with van der Waals surface area (Å²) in [6, 6.07) is -0.0950. The topological polar surface area (TPSA) is 69.6 Å². The number of carbonyl (C=O) groups excluding carboxylic acids is 1. The number of nitrogens with one attached hydrogen (secondary N) is 1. The molecule has 1 heterocycles. The summed E-state index contributed by atoms with van der Waals surface area (Å²) < 4.78 is 0. The van der Waals surface area contributed by atoms with Crippen LogP contribution in [-0.4, -0.2) is 40.1 Å². The number of carboxylic acids is 1.